The third-order valence-corrected chi connectivity index (χ3v) is 4.88. The fourth-order valence-electron chi connectivity index (χ4n) is 1.82. The molecule has 4 N–H and O–H groups in total. The highest BCUT2D eigenvalue weighted by atomic mass is 32.2. The van der Waals surface area contributed by atoms with E-state index in [1.807, 2.05) is 25.6 Å². The molecular weight excluding hydrogens is 260 g/mol. The van der Waals surface area contributed by atoms with Gasteiger partial charge in [-0.1, -0.05) is 13.0 Å². The van der Waals surface area contributed by atoms with E-state index < -0.39 is 0 Å². The zero-order valence-corrected chi connectivity index (χ0v) is 13.3. The van der Waals surface area contributed by atoms with Crippen LogP contribution in [-0.4, -0.2) is 12.0 Å². The van der Waals surface area contributed by atoms with Crippen LogP contribution in [0.5, 0.6) is 0 Å². The lowest BCUT2D eigenvalue weighted by molar-refractivity contribution is 0.758. The molecule has 0 amide bonds. The maximum absolute atomic E-state index is 6.09. The molecule has 0 radical (unpaired) electrons. The Balaban J connectivity index is 3.23. The molecule has 1 aromatic rings. The van der Waals surface area contributed by atoms with Gasteiger partial charge in [-0.25, -0.2) is 0 Å². The van der Waals surface area contributed by atoms with E-state index in [4.69, 9.17) is 11.5 Å². The molecule has 1 aromatic carbocycles. The lowest BCUT2D eigenvalue weighted by atomic mass is 10.0. The topological polar surface area (TPSA) is 52.0 Å². The molecule has 102 valence electrons. The van der Waals surface area contributed by atoms with Gasteiger partial charge in [0.25, 0.3) is 0 Å². The van der Waals surface area contributed by atoms with Crippen molar-refractivity contribution in [2.24, 2.45) is 11.5 Å². The van der Waals surface area contributed by atoms with Crippen LogP contribution in [-0.2, 0) is 0 Å². The van der Waals surface area contributed by atoms with E-state index >= 15 is 0 Å². The fourth-order valence-corrected chi connectivity index (χ4v) is 3.65. The van der Waals surface area contributed by atoms with E-state index in [9.17, 15) is 0 Å². The smallest absolute Gasteiger partial charge is 0.0277 e. The van der Waals surface area contributed by atoms with Crippen LogP contribution in [0.3, 0.4) is 0 Å². The van der Waals surface area contributed by atoms with Crippen LogP contribution >= 0.6 is 23.5 Å². The van der Waals surface area contributed by atoms with Gasteiger partial charge in [-0.2, -0.15) is 0 Å². The van der Waals surface area contributed by atoms with Crippen molar-refractivity contribution in [1.82, 2.24) is 0 Å². The van der Waals surface area contributed by atoms with Crippen molar-refractivity contribution in [3.63, 3.8) is 0 Å². The lowest BCUT2D eigenvalue weighted by Crippen LogP contribution is -2.12. The Morgan fingerprint density at radius 3 is 2.06 bits per heavy atom. The van der Waals surface area contributed by atoms with Gasteiger partial charge in [-0.3, -0.25) is 0 Å². The summed E-state index contributed by atoms with van der Waals surface area (Å²) >= 11 is 3.65. The van der Waals surface area contributed by atoms with Gasteiger partial charge in [0.2, 0.25) is 0 Å². The normalized spacial score (nSPS) is 14.6. The summed E-state index contributed by atoms with van der Waals surface area (Å²) in [5.74, 6) is 1.13. The van der Waals surface area contributed by atoms with E-state index in [1.54, 1.807) is 11.8 Å². The molecule has 2 nitrogen and oxygen atoms in total. The summed E-state index contributed by atoms with van der Waals surface area (Å²) in [5.41, 5.74) is 14.6. The molecular formula is C14H24N2S2. The Labute approximate surface area is 119 Å². The molecule has 0 heterocycles. The van der Waals surface area contributed by atoms with Crippen LogP contribution < -0.4 is 11.5 Å². The number of hydrogen-bond donors (Lipinski definition) is 2. The van der Waals surface area contributed by atoms with Gasteiger partial charge in [-0.15, -0.1) is 23.5 Å². The highest BCUT2D eigenvalue weighted by Crippen LogP contribution is 2.35. The molecule has 2 unspecified atom stereocenters. The zero-order chi connectivity index (χ0) is 13.7. The van der Waals surface area contributed by atoms with Gasteiger partial charge in [0.15, 0.2) is 0 Å². The van der Waals surface area contributed by atoms with E-state index in [0.717, 1.165) is 5.75 Å². The second kappa shape index (κ2) is 7.43. The maximum Gasteiger partial charge on any atom is 0.0277 e. The average Bonchev–Trinajstić information content (AvgIpc) is 2.34. The Kier molecular flexibility index (Phi) is 6.57. The summed E-state index contributed by atoms with van der Waals surface area (Å²) in [5, 5.41) is 0. The minimum absolute atomic E-state index is 0.0511. The van der Waals surface area contributed by atoms with Crippen LogP contribution in [0.2, 0.25) is 0 Å². The van der Waals surface area contributed by atoms with E-state index in [-0.39, 0.29) is 12.1 Å². The van der Waals surface area contributed by atoms with Crippen LogP contribution in [0.25, 0.3) is 0 Å². The first-order valence-electron chi connectivity index (χ1n) is 6.37. The number of hydrogen-bond acceptors (Lipinski definition) is 4. The second-order valence-corrected chi connectivity index (χ2v) is 6.54. The van der Waals surface area contributed by atoms with E-state index in [2.05, 4.69) is 25.3 Å². The molecule has 0 bridgehead atoms. The summed E-state index contributed by atoms with van der Waals surface area (Å²) in [6.07, 6.45) is 3.27. The lowest BCUT2D eigenvalue weighted by Gasteiger charge is -2.19. The van der Waals surface area contributed by atoms with Gasteiger partial charge >= 0.3 is 0 Å². The Bertz CT molecular complexity index is 390. The number of rotatable bonds is 6. The zero-order valence-electron chi connectivity index (χ0n) is 11.7. The van der Waals surface area contributed by atoms with Crippen LogP contribution in [0.1, 0.15) is 50.4 Å². The van der Waals surface area contributed by atoms with Crippen molar-refractivity contribution >= 4 is 23.5 Å². The minimum Gasteiger partial charge on any atom is -0.324 e. The number of benzene rings is 1. The summed E-state index contributed by atoms with van der Waals surface area (Å²) in [7, 11) is 0. The number of thioether (sulfide) groups is 2. The molecule has 0 saturated heterocycles. The fraction of sp³-hybridized carbons (Fsp3) is 0.571. The standard InChI is InChI=1S/C14H24N2S2/c1-5-6-18-14-8-13(17-4)11(9(2)15)7-12(14)10(3)16/h7-10H,5-6,15-16H2,1-4H3. The highest BCUT2D eigenvalue weighted by Gasteiger charge is 2.14. The predicted molar refractivity (Wildman–Crippen MR) is 84.4 cm³/mol. The average molecular weight is 284 g/mol. The quantitative estimate of drug-likeness (QED) is 0.777. The number of nitrogens with two attached hydrogens (primary N) is 2. The Hall–Kier alpha value is -0.160. The molecule has 0 aliphatic heterocycles. The monoisotopic (exact) mass is 284 g/mol. The van der Waals surface area contributed by atoms with E-state index in [1.165, 1.54) is 27.3 Å². The summed E-state index contributed by atoms with van der Waals surface area (Å²) < 4.78 is 0. The van der Waals surface area contributed by atoms with Crippen LogP contribution in [0, 0.1) is 0 Å². The highest BCUT2D eigenvalue weighted by molar-refractivity contribution is 7.99. The first-order chi connectivity index (χ1) is 8.51. The molecule has 0 aliphatic carbocycles. The molecule has 2 atom stereocenters. The van der Waals surface area contributed by atoms with Crippen molar-refractivity contribution in [2.75, 3.05) is 12.0 Å². The SMILES string of the molecule is CCCSc1cc(SC)c(C(C)N)cc1C(C)N. The summed E-state index contributed by atoms with van der Waals surface area (Å²) in [4.78, 5) is 2.58. The molecule has 0 aliphatic rings. The predicted octanol–water partition coefficient (Wildman–Crippen LogP) is 3.95. The second-order valence-electron chi connectivity index (χ2n) is 4.56. The van der Waals surface area contributed by atoms with Crippen LogP contribution in [0.15, 0.2) is 21.9 Å². The summed E-state index contributed by atoms with van der Waals surface area (Å²) in [6.45, 7) is 6.26. The molecule has 0 spiro atoms. The van der Waals surface area contributed by atoms with Gasteiger partial charge in [0, 0.05) is 21.9 Å². The van der Waals surface area contributed by atoms with E-state index in [0.29, 0.717) is 0 Å². The maximum atomic E-state index is 6.09. The van der Waals surface area contributed by atoms with Crippen molar-refractivity contribution < 1.29 is 0 Å². The first-order valence-corrected chi connectivity index (χ1v) is 8.58. The van der Waals surface area contributed by atoms with Crippen molar-refractivity contribution in [3.8, 4) is 0 Å². The molecule has 0 fully saturated rings. The minimum atomic E-state index is 0.0511. The molecule has 4 heteroatoms. The first kappa shape index (κ1) is 15.9. The third-order valence-electron chi connectivity index (χ3n) is 2.80. The van der Waals surface area contributed by atoms with Crippen LogP contribution in [0.4, 0.5) is 0 Å². The molecule has 0 aromatic heterocycles. The van der Waals surface area contributed by atoms with Gasteiger partial charge in [0.1, 0.15) is 0 Å². The Morgan fingerprint density at radius 1 is 1.06 bits per heavy atom. The van der Waals surface area contributed by atoms with Gasteiger partial charge in [0.05, 0.1) is 0 Å². The van der Waals surface area contributed by atoms with Crippen molar-refractivity contribution in [3.05, 3.63) is 23.3 Å². The van der Waals surface area contributed by atoms with Crippen molar-refractivity contribution in [2.45, 2.75) is 49.1 Å². The van der Waals surface area contributed by atoms with Gasteiger partial charge in [-0.05, 0) is 49.5 Å². The Morgan fingerprint density at radius 2 is 1.61 bits per heavy atom. The molecule has 18 heavy (non-hydrogen) atoms. The molecule has 0 saturated carbocycles. The summed E-state index contributed by atoms with van der Waals surface area (Å²) in [6, 6.07) is 4.55. The third kappa shape index (κ3) is 3.92. The largest absolute Gasteiger partial charge is 0.324 e. The molecule has 1 rings (SSSR count). The van der Waals surface area contributed by atoms with Crippen molar-refractivity contribution in [1.29, 1.82) is 0 Å². The van der Waals surface area contributed by atoms with Gasteiger partial charge < -0.3 is 11.5 Å².